The molecule has 0 fully saturated rings. The average Bonchev–Trinajstić information content (AvgIpc) is 3.40. The lowest BCUT2D eigenvalue weighted by Crippen LogP contribution is -2.33. The van der Waals surface area contributed by atoms with E-state index in [0.29, 0.717) is 29.3 Å². The van der Waals surface area contributed by atoms with Crippen molar-refractivity contribution in [2.24, 2.45) is 5.10 Å². The van der Waals surface area contributed by atoms with Gasteiger partial charge in [-0.2, -0.15) is 14.4 Å². The maximum absolute atomic E-state index is 13.8. The van der Waals surface area contributed by atoms with Crippen LogP contribution in [0.25, 0.3) is 10.2 Å². The second-order valence-electron chi connectivity index (χ2n) is 9.81. The molecule has 0 atom stereocenters. The highest BCUT2D eigenvalue weighted by Crippen LogP contribution is 2.31. The molecule has 0 saturated carbocycles. The highest BCUT2D eigenvalue weighted by Gasteiger charge is 2.26. The Kier molecular flexibility index (Phi) is 10.2. The number of nitro benzene ring substituents is 1. The molecule has 0 aliphatic rings. The van der Waals surface area contributed by atoms with Gasteiger partial charge in [-0.1, -0.05) is 44.1 Å². The van der Waals surface area contributed by atoms with E-state index in [9.17, 15) is 23.3 Å². The molecule has 0 N–H and O–H groups in total. The maximum Gasteiger partial charge on any atom is 0.280 e. The molecule has 0 spiro atoms. The van der Waals surface area contributed by atoms with E-state index in [1.54, 1.807) is 0 Å². The molecular formula is C30H33N5O5S2. The van der Waals surface area contributed by atoms with E-state index in [-0.39, 0.29) is 16.1 Å². The number of hydrazone groups is 1. The molecule has 0 bridgehead atoms. The third-order valence-electron chi connectivity index (χ3n) is 6.59. The zero-order valence-electron chi connectivity index (χ0n) is 23.8. The first kappa shape index (κ1) is 30.9. The number of carbonyl (C=O) groups is 1. The summed E-state index contributed by atoms with van der Waals surface area (Å²) in [7, 11) is -3.72. The van der Waals surface area contributed by atoms with Crippen LogP contribution in [0.3, 0.4) is 0 Å². The van der Waals surface area contributed by atoms with Gasteiger partial charge in [-0.05, 0) is 79.4 Å². The summed E-state index contributed by atoms with van der Waals surface area (Å²) in [5.41, 5.74) is 2.49. The van der Waals surface area contributed by atoms with Crippen LogP contribution in [0.5, 0.6) is 0 Å². The topological polar surface area (TPSA) is 126 Å². The first-order chi connectivity index (χ1) is 20.1. The van der Waals surface area contributed by atoms with Crippen molar-refractivity contribution in [3.8, 4) is 0 Å². The van der Waals surface area contributed by atoms with Crippen LogP contribution in [-0.2, 0) is 10.0 Å². The Bertz CT molecular complexity index is 1680. The van der Waals surface area contributed by atoms with Gasteiger partial charge in [-0.3, -0.25) is 14.9 Å². The highest BCUT2D eigenvalue weighted by molar-refractivity contribution is 7.89. The number of anilines is 1. The Morgan fingerprint density at radius 1 is 1.00 bits per heavy atom. The third kappa shape index (κ3) is 7.25. The van der Waals surface area contributed by atoms with Crippen LogP contribution in [0.2, 0.25) is 0 Å². The lowest BCUT2D eigenvalue weighted by atomic mass is 10.2. The number of sulfonamides is 1. The van der Waals surface area contributed by atoms with Crippen molar-refractivity contribution in [3.05, 3.63) is 93.5 Å². The van der Waals surface area contributed by atoms with Gasteiger partial charge in [0.25, 0.3) is 11.6 Å². The van der Waals surface area contributed by atoms with Crippen molar-refractivity contribution in [2.75, 3.05) is 18.1 Å². The highest BCUT2D eigenvalue weighted by atomic mass is 32.2. The van der Waals surface area contributed by atoms with Gasteiger partial charge in [-0.25, -0.2) is 13.4 Å². The summed E-state index contributed by atoms with van der Waals surface area (Å²) in [6, 6.07) is 17.4. The predicted octanol–water partition coefficient (Wildman–Crippen LogP) is 6.78. The van der Waals surface area contributed by atoms with Gasteiger partial charge in [0.05, 0.1) is 26.3 Å². The van der Waals surface area contributed by atoms with Crippen molar-refractivity contribution in [1.29, 1.82) is 0 Å². The molecule has 4 rings (SSSR count). The first-order valence-electron chi connectivity index (χ1n) is 13.7. The van der Waals surface area contributed by atoms with Crippen LogP contribution < -0.4 is 5.01 Å². The van der Waals surface area contributed by atoms with Crippen LogP contribution in [0.1, 0.15) is 61.0 Å². The minimum Gasteiger partial charge on any atom is -0.267 e. The minimum absolute atomic E-state index is 0.0559. The molecule has 42 heavy (non-hydrogen) atoms. The number of carbonyl (C=O) groups excluding carboxylic acids is 1. The number of amides is 1. The summed E-state index contributed by atoms with van der Waals surface area (Å²) in [5, 5.41) is 16.9. The van der Waals surface area contributed by atoms with Gasteiger partial charge in [0, 0.05) is 30.8 Å². The number of nitro groups is 1. The fourth-order valence-electron chi connectivity index (χ4n) is 4.17. The smallest absolute Gasteiger partial charge is 0.267 e. The molecule has 3 aromatic carbocycles. The molecule has 1 aromatic heterocycles. The number of non-ortho nitro benzene ring substituents is 1. The Labute approximate surface area is 249 Å². The van der Waals surface area contributed by atoms with E-state index >= 15 is 0 Å². The second-order valence-corrected chi connectivity index (χ2v) is 12.8. The molecule has 1 heterocycles. The van der Waals surface area contributed by atoms with Crippen LogP contribution in [0.15, 0.2) is 76.7 Å². The van der Waals surface area contributed by atoms with Crippen molar-refractivity contribution in [3.63, 3.8) is 0 Å². The molecule has 10 nitrogen and oxygen atoms in total. The molecule has 0 aliphatic carbocycles. The van der Waals surface area contributed by atoms with Gasteiger partial charge in [0.2, 0.25) is 15.2 Å². The second kappa shape index (κ2) is 13.8. The molecular weight excluding hydrogens is 574 g/mol. The summed E-state index contributed by atoms with van der Waals surface area (Å²) in [5.74, 6) is -0.498. The Balaban J connectivity index is 1.66. The number of hydrogen-bond donors (Lipinski definition) is 0. The fraction of sp³-hybridized carbons (Fsp3) is 0.300. The molecule has 12 heteroatoms. The van der Waals surface area contributed by atoms with Crippen LogP contribution in [0, 0.1) is 17.0 Å². The van der Waals surface area contributed by atoms with Crippen molar-refractivity contribution in [1.82, 2.24) is 9.29 Å². The van der Waals surface area contributed by atoms with E-state index in [4.69, 9.17) is 0 Å². The number of hydrogen-bond acceptors (Lipinski definition) is 8. The number of nitrogens with zero attached hydrogens (tertiary/aromatic N) is 5. The van der Waals surface area contributed by atoms with E-state index in [0.717, 1.165) is 35.9 Å². The van der Waals surface area contributed by atoms with Crippen molar-refractivity contribution < 1.29 is 18.1 Å². The SMILES string of the molecule is CCCCN(CCCC)S(=O)(=O)c1ccc(C(=O)N(/N=C/c2ccc([N+](=O)[O-])cc2)c2nc3ccc(C)cc3s2)cc1. The minimum atomic E-state index is -3.72. The van der Waals surface area contributed by atoms with Gasteiger partial charge in [0.15, 0.2) is 0 Å². The van der Waals surface area contributed by atoms with Gasteiger partial charge in [-0.15, -0.1) is 0 Å². The summed E-state index contributed by atoms with van der Waals surface area (Å²) in [6.45, 7) is 6.90. The molecule has 0 aliphatic heterocycles. The molecule has 0 radical (unpaired) electrons. The predicted molar refractivity (Wildman–Crippen MR) is 167 cm³/mol. The Hall–Kier alpha value is -4.00. The Morgan fingerprint density at radius 2 is 1.64 bits per heavy atom. The average molecular weight is 608 g/mol. The number of unbranched alkanes of at least 4 members (excludes halogenated alkanes) is 2. The monoisotopic (exact) mass is 607 g/mol. The number of aromatic nitrogens is 1. The largest absolute Gasteiger partial charge is 0.280 e. The standard InChI is InChI=1S/C30H33N5O5S2/c1-4-6-18-33(19-7-5-2)42(39,40)26-15-11-24(12-16-26)29(36)34(30-32-27-17-8-22(3)20-28(27)41-30)31-21-23-9-13-25(14-10-23)35(37)38/h8-17,20-21H,4-7,18-19H2,1-3H3/b31-21+. The third-order valence-corrected chi connectivity index (χ3v) is 9.50. The Morgan fingerprint density at radius 3 is 2.24 bits per heavy atom. The summed E-state index contributed by atoms with van der Waals surface area (Å²) < 4.78 is 29.2. The molecule has 1 amide bonds. The quantitative estimate of drug-likeness (QED) is 0.0936. The number of rotatable bonds is 13. The number of benzene rings is 3. The van der Waals surface area contributed by atoms with E-state index in [1.807, 2.05) is 39.0 Å². The zero-order chi connectivity index (χ0) is 30.3. The summed E-state index contributed by atoms with van der Waals surface area (Å²) in [6.07, 6.45) is 4.73. The van der Waals surface area contributed by atoms with E-state index < -0.39 is 20.9 Å². The molecule has 0 saturated heterocycles. The summed E-state index contributed by atoms with van der Waals surface area (Å²) >= 11 is 1.30. The van der Waals surface area contributed by atoms with Crippen molar-refractivity contribution >= 4 is 54.5 Å². The molecule has 0 unspecified atom stereocenters. The fourth-order valence-corrected chi connectivity index (χ4v) is 6.70. The summed E-state index contributed by atoms with van der Waals surface area (Å²) in [4.78, 5) is 29.0. The van der Waals surface area contributed by atoms with Gasteiger partial charge in [0.1, 0.15) is 0 Å². The lowest BCUT2D eigenvalue weighted by molar-refractivity contribution is -0.384. The van der Waals surface area contributed by atoms with E-state index in [1.165, 1.54) is 75.4 Å². The van der Waals surface area contributed by atoms with Crippen LogP contribution in [-0.4, -0.2) is 47.8 Å². The molecule has 220 valence electrons. The first-order valence-corrected chi connectivity index (χ1v) is 16.0. The normalized spacial score (nSPS) is 11.9. The molecule has 4 aromatic rings. The van der Waals surface area contributed by atoms with Crippen molar-refractivity contribution in [2.45, 2.75) is 51.3 Å². The number of aryl methyl sites for hydroxylation is 1. The van der Waals surface area contributed by atoms with Crippen LogP contribution in [0.4, 0.5) is 10.8 Å². The van der Waals surface area contributed by atoms with Gasteiger partial charge >= 0.3 is 0 Å². The number of thiazole rings is 1. The zero-order valence-corrected chi connectivity index (χ0v) is 25.4. The van der Waals surface area contributed by atoms with Gasteiger partial charge < -0.3 is 0 Å². The lowest BCUT2D eigenvalue weighted by Gasteiger charge is -2.22. The maximum atomic E-state index is 13.8. The van der Waals surface area contributed by atoms with Crippen LogP contribution >= 0.6 is 11.3 Å². The number of fused-ring (bicyclic) bond motifs is 1. The van der Waals surface area contributed by atoms with E-state index in [2.05, 4.69) is 10.1 Å².